The molecule has 1 aliphatic rings. The van der Waals surface area contributed by atoms with E-state index in [1.165, 1.54) is 19.9 Å². The van der Waals surface area contributed by atoms with E-state index >= 15 is 0 Å². The first-order valence-corrected chi connectivity index (χ1v) is 9.57. The van der Waals surface area contributed by atoms with E-state index in [-0.39, 0.29) is 5.91 Å². The van der Waals surface area contributed by atoms with Gasteiger partial charge in [0.2, 0.25) is 0 Å². The number of nitrogens with zero attached hydrogens (tertiary/aromatic N) is 2. The van der Waals surface area contributed by atoms with Crippen LogP contribution in [-0.4, -0.2) is 58.3 Å². The summed E-state index contributed by atoms with van der Waals surface area (Å²) in [4.78, 5) is 17.4. The van der Waals surface area contributed by atoms with Crippen LogP contribution in [0.15, 0.2) is 30.3 Å². The van der Waals surface area contributed by atoms with Crippen LogP contribution in [0.3, 0.4) is 0 Å². The van der Waals surface area contributed by atoms with E-state index in [9.17, 15) is 4.79 Å². The van der Waals surface area contributed by atoms with Gasteiger partial charge in [0.15, 0.2) is 11.5 Å². The molecule has 7 heteroatoms. The average Bonchev–Trinajstić information content (AvgIpc) is 2.68. The van der Waals surface area contributed by atoms with E-state index in [4.69, 9.17) is 21.1 Å². The lowest BCUT2D eigenvalue weighted by atomic mass is 10.1. The largest absolute Gasteiger partial charge is 0.493 e. The van der Waals surface area contributed by atoms with Crippen LogP contribution in [0.1, 0.15) is 15.9 Å². The maximum absolute atomic E-state index is 12.7. The highest BCUT2D eigenvalue weighted by molar-refractivity contribution is 6.32. The molecule has 150 valence electrons. The van der Waals surface area contributed by atoms with Crippen LogP contribution < -0.4 is 19.7 Å². The Labute approximate surface area is 171 Å². The zero-order valence-electron chi connectivity index (χ0n) is 16.7. The highest BCUT2D eigenvalue weighted by atomic mass is 35.5. The Morgan fingerprint density at radius 3 is 2.39 bits per heavy atom. The predicted octanol–water partition coefficient (Wildman–Crippen LogP) is 3.67. The van der Waals surface area contributed by atoms with Crippen molar-refractivity contribution in [2.45, 2.75) is 6.92 Å². The number of carbonyl (C=O) groups excluding carboxylic acids is 1. The molecule has 2 aromatic rings. The number of ether oxygens (including phenoxy) is 2. The van der Waals surface area contributed by atoms with E-state index in [0.29, 0.717) is 22.1 Å². The molecule has 0 aliphatic carbocycles. The highest BCUT2D eigenvalue weighted by Gasteiger charge is 2.18. The lowest BCUT2D eigenvalue weighted by Gasteiger charge is -2.35. The molecule has 1 saturated heterocycles. The molecule has 6 nitrogen and oxygen atoms in total. The Balaban J connectivity index is 1.76. The van der Waals surface area contributed by atoms with Gasteiger partial charge in [-0.2, -0.15) is 0 Å². The van der Waals surface area contributed by atoms with E-state index in [2.05, 4.69) is 35.2 Å². The van der Waals surface area contributed by atoms with Gasteiger partial charge in [0.05, 0.1) is 19.2 Å². The topological polar surface area (TPSA) is 54.0 Å². The summed E-state index contributed by atoms with van der Waals surface area (Å²) in [5, 5.41) is 3.26. The molecule has 2 aromatic carbocycles. The molecule has 28 heavy (non-hydrogen) atoms. The predicted molar refractivity (Wildman–Crippen MR) is 113 cm³/mol. The molecule has 0 aromatic heterocycles. The quantitative estimate of drug-likeness (QED) is 0.825. The molecule has 3 rings (SSSR count). The molecular formula is C21H26ClN3O3. The van der Waals surface area contributed by atoms with Crippen LogP contribution in [0, 0.1) is 6.92 Å². The third-order valence-electron chi connectivity index (χ3n) is 4.99. The van der Waals surface area contributed by atoms with Crippen LogP contribution in [0.25, 0.3) is 0 Å². The molecule has 0 spiro atoms. The van der Waals surface area contributed by atoms with Crippen molar-refractivity contribution in [2.75, 3.05) is 57.7 Å². The normalized spacial score (nSPS) is 14.7. The molecule has 0 unspecified atom stereocenters. The molecule has 0 saturated carbocycles. The Kier molecular flexibility index (Phi) is 6.31. The summed E-state index contributed by atoms with van der Waals surface area (Å²) in [5.41, 5.74) is 3.49. The SMILES string of the molecule is COc1cc(C(=O)Nc2ccc(N3CCN(C)CC3)c(C)c2)cc(Cl)c1OC. The van der Waals surface area contributed by atoms with Crippen LogP contribution in [0.5, 0.6) is 11.5 Å². The second-order valence-electron chi connectivity index (χ2n) is 6.94. The number of likely N-dealkylation sites (N-methyl/N-ethyl adjacent to an activating group) is 1. The monoisotopic (exact) mass is 403 g/mol. The Morgan fingerprint density at radius 1 is 1.07 bits per heavy atom. The van der Waals surface area contributed by atoms with Crippen LogP contribution >= 0.6 is 11.6 Å². The number of nitrogens with one attached hydrogen (secondary N) is 1. The van der Waals surface area contributed by atoms with Gasteiger partial charge in [-0.25, -0.2) is 0 Å². The minimum absolute atomic E-state index is 0.255. The Bertz CT molecular complexity index is 864. The molecule has 1 N–H and O–H groups in total. The van der Waals surface area contributed by atoms with Gasteiger partial charge in [-0.15, -0.1) is 0 Å². The fourth-order valence-corrected chi connectivity index (χ4v) is 3.68. The standard InChI is InChI=1S/C21H26ClN3O3/c1-14-11-16(5-6-18(14)25-9-7-24(2)8-10-25)23-21(26)15-12-17(22)20(28-4)19(13-15)27-3/h5-6,11-13H,7-10H2,1-4H3,(H,23,26). The Morgan fingerprint density at radius 2 is 1.79 bits per heavy atom. The molecule has 0 atom stereocenters. The fraction of sp³-hybridized carbons (Fsp3) is 0.381. The van der Waals surface area contributed by atoms with Gasteiger partial charge in [-0.1, -0.05) is 11.6 Å². The minimum atomic E-state index is -0.255. The first-order chi connectivity index (χ1) is 13.4. The summed E-state index contributed by atoms with van der Waals surface area (Å²) in [7, 11) is 5.16. The number of aryl methyl sites for hydroxylation is 1. The van der Waals surface area contributed by atoms with Gasteiger partial charge >= 0.3 is 0 Å². The average molecular weight is 404 g/mol. The van der Waals surface area contributed by atoms with Crippen LogP contribution in [0.4, 0.5) is 11.4 Å². The van der Waals surface area contributed by atoms with Gasteiger partial charge in [-0.3, -0.25) is 4.79 Å². The summed E-state index contributed by atoms with van der Waals surface area (Å²) >= 11 is 6.21. The van der Waals surface area contributed by atoms with Crippen molar-refractivity contribution >= 4 is 28.9 Å². The third-order valence-corrected chi connectivity index (χ3v) is 5.28. The molecule has 1 aliphatic heterocycles. The number of anilines is 2. The lowest BCUT2D eigenvalue weighted by Crippen LogP contribution is -2.44. The van der Waals surface area contributed by atoms with Crippen molar-refractivity contribution < 1.29 is 14.3 Å². The summed E-state index contributed by atoms with van der Waals surface area (Å²) in [6, 6.07) is 9.18. The number of benzene rings is 2. The van der Waals surface area contributed by atoms with Gasteiger partial charge in [0.1, 0.15) is 0 Å². The molecule has 1 amide bonds. The number of hydrogen-bond acceptors (Lipinski definition) is 5. The summed E-state index contributed by atoms with van der Waals surface area (Å²) in [6.07, 6.45) is 0. The summed E-state index contributed by atoms with van der Waals surface area (Å²) in [6.45, 7) is 6.19. The van der Waals surface area contributed by atoms with Crippen LogP contribution in [-0.2, 0) is 0 Å². The number of methoxy groups -OCH3 is 2. The number of hydrogen-bond donors (Lipinski definition) is 1. The van der Waals surface area contributed by atoms with Crippen molar-refractivity contribution in [3.8, 4) is 11.5 Å². The Hall–Kier alpha value is -2.44. The number of carbonyl (C=O) groups is 1. The molecular weight excluding hydrogens is 378 g/mol. The second-order valence-corrected chi connectivity index (χ2v) is 7.35. The zero-order chi connectivity index (χ0) is 20.3. The summed E-state index contributed by atoms with van der Waals surface area (Å²) in [5.74, 6) is 0.574. The van der Waals surface area contributed by atoms with Crippen molar-refractivity contribution in [1.29, 1.82) is 0 Å². The second kappa shape index (κ2) is 8.71. The van der Waals surface area contributed by atoms with Crippen molar-refractivity contribution in [3.05, 3.63) is 46.5 Å². The van der Waals surface area contributed by atoms with Crippen molar-refractivity contribution in [1.82, 2.24) is 4.90 Å². The maximum atomic E-state index is 12.7. The highest BCUT2D eigenvalue weighted by Crippen LogP contribution is 2.36. The minimum Gasteiger partial charge on any atom is -0.493 e. The third kappa shape index (κ3) is 4.34. The van der Waals surface area contributed by atoms with E-state index in [0.717, 1.165) is 37.4 Å². The maximum Gasteiger partial charge on any atom is 0.255 e. The summed E-state index contributed by atoms with van der Waals surface area (Å²) < 4.78 is 10.5. The van der Waals surface area contributed by atoms with Crippen LogP contribution in [0.2, 0.25) is 5.02 Å². The molecule has 1 heterocycles. The van der Waals surface area contributed by atoms with E-state index in [1.54, 1.807) is 12.1 Å². The van der Waals surface area contributed by atoms with E-state index in [1.807, 2.05) is 12.1 Å². The van der Waals surface area contributed by atoms with Crippen molar-refractivity contribution in [2.24, 2.45) is 0 Å². The lowest BCUT2D eigenvalue weighted by molar-refractivity contribution is 0.102. The number of amides is 1. The molecule has 0 radical (unpaired) electrons. The fourth-order valence-electron chi connectivity index (χ4n) is 3.39. The van der Waals surface area contributed by atoms with Gasteiger partial charge in [0, 0.05) is 43.1 Å². The van der Waals surface area contributed by atoms with Crippen molar-refractivity contribution in [3.63, 3.8) is 0 Å². The zero-order valence-corrected chi connectivity index (χ0v) is 17.5. The number of rotatable bonds is 5. The van der Waals surface area contributed by atoms with Gasteiger partial charge < -0.3 is 24.6 Å². The first kappa shape index (κ1) is 20.3. The van der Waals surface area contributed by atoms with Gasteiger partial charge in [-0.05, 0) is 49.9 Å². The number of piperazine rings is 1. The van der Waals surface area contributed by atoms with Gasteiger partial charge in [0.25, 0.3) is 5.91 Å². The van der Waals surface area contributed by atoms with E-state index < -0.39 is 0 Å². The molecule has 0 bridgehead atoms. The first-order valence-electron chi connectivity index (χ1n) is 9.20. The smallest absolute Gasteiger partial charge is 0.255 e. The number of halogens is 1. The molecule has 1 fully saturated rings.